The zero-order chi connectivity index (χ0) is 24.1. The predicted molar refractivity (Wildman–Crippen MR) is 125 cm³/mol. The van der Waals surface area contributed by atoms with Crippen LogP contribution < -0.4 is 5.32 Å². The number of alkyl carbamates (subject to hydrolysis) is 1. The van der Waals surface area contributed by atoms with Gasteiger partial charge in [0.05, 0.1) is 10.5 Å². The van der Waals surface area contributed by atoms with Crippen LogP contribution in [-0.2, 0) is 4.74 Å². The minimum Gasteiger partial charge on any atom is -0.478 e. The molecule has 34 heavy (non-hydrogen) atoms. The molecule has 0 saturated heterocycles. The Morgan fingerprint density at radius 3 is 2.29 bits per heavy atom. The molecule has 0 atom stereocenters. The van der Waals surface area contributed by atoms with E-state index < -0.39 is 17.0 Å². The molecule has 0 aliphatic heterocycles. The summed E-state index contributed by atoms with van der Waals surface area (Å²) in [6.45, 7) is 0.377. The van der Waals surface area contributed by atoms with Crippen molar-refractivity contribution in [1.82, 2.24) is 5.32 Å². The number of hydrogen-bond acceptors (Lipinski definition) is 5. The quantitative estimate of drug-likeness (QED) is 0.243. The van der Waals surface area contributed by atoms with Crippen LogP contribution in [0.5, 0.6) is 0 Å². The van der Waals surface area contributed by atoms with Gasteiger partial charge in [0.2, 0.25) is 0 Å². The van der Waals surface area contributed by atoms with Crippen molar-refractivity contribution in [3.05, 3.63) is 99.1 Å². The van der Waals surface area contributed by atoms with E-state index in [-0.39, 0.29) is 42.3 Å². The molecule has 8 nitrogen and oxygen atoms in total. The van der Waals surface area contributed by atoms with Crippen LogP contribution in [0.25, 0.3) is 11.1 Å². The minimum atomic E-state index is -1.23. The summed E-state index contributed by atoms with van der Waals surface area (Å²) < 4.78 is 5.45. The van der Waals surface area contributed by atoms with Crippen LogP contribution in [0.1, 0.15) is 39.4 Å². The van der Waals surface area contributed by atoms with Crippen molar-refractivity contribution in [1.29, 1.82) is 0 Å². The number of nitro benzene ring substituents is 1. The van der Waals surface area contributed by atoms with E-state index in [4.69, 9.17) is 4.74 Å². The van der Waals surface area contributed by atoms with Gasteiger partial charge in [0.1, 0.15) is 6.61 Å². The Balaban J connectivity index is 1.32. The fourth-order valence-corrected chi connectivity index (χ4v) is 3.97. The Bertz CT molecular complexity index is 1290. The maximum absolute atomic E-state index is 12.2. The smallest absolute Gasteiger partial charge is 0.407 e. The molecule has 1 aliphatic carbocycles. The minimum absolute atomic E-state index is 0.0405. The first kappa shape index (κ1) is 22.6. The number of amides is 1. The zero-order valence-corrected chi connectivity index (χ0v) is 18.0. The Kier molecular flexibility index (Phi) is 6.55. The topological polar surface area (TPSA) is 119 Å². The molecule has 1 amide bonds. The number of nitrogens with zero attached hydrogens (tertiary/aromatic N) is 1. The van der Waals surface area contributed by atoms with Gasteiger partial charge in [-0.25, -0.2) is 9.59 Å². The summed E-state index contributed by atoms with van der Waals surface area (Å²) in [6, 6.07) is 19.5. The van der Waals surface area contributed by atoms with Gasteiger partial charge in [0.25, 0.3) is 5.69 Å². The number of carbonyl (C=O) groups excluding carboxylic acids is 1. The van der Waals surface area contributed by atoms with Crippen LogP contribution >= 0.6 is 0 Å². The van der Waals surface area contributed by atoms with Gasteiger partial charge in [-0.1, -0.05) is 60.4 Å². The van der Waals surface area contributed by atoms with E-state index in [1.54, 1.807) is 0 Å². The molecule has 170 valence electrons. The maximum Gasteiger partial charge on any atom is 0.407 e. The van der Waals surface area contributed by atoms with E-state index in [1.807, 2.05) is 36.4 Å². The second-order valence-corrected chi connectivity index (χ2v) is 7.60. The summed E-state index contributed by atoms with van der Waals surface area (Å²) in [7, 11) is 0. The van der Waals surface area contributed by atoms with E-state index in [0.717, 1.165) is 40.5 Å². The second-order valence-electron chi connectivity index (χ2n) is 7.60. The van der Waals surface area contributed by atoms with Gasteiger partial charge in [-0.05, 0) is 28.3 Å². The number of rotatable bonds is 6. The molecule has 4 rings (SSSR count). The lowest BCUT2D eigenvalue weighted by Gasteiger charge is -2.14. The lowest BCUT2D eigenvalue weighted by atomic mass is 9.98. The van der Waals surface area contributed by atoms with E-state index in [9.17, 15) is 24.8 Å². The highest BCUT2D eigenvalue weighted by Crippen LogP contribution is 2.44. The fraction of sp³-hybridized carbons (Fsp3) is 0.154. The number of carbonyl (C=O) groups is 2. The fourth-order valence-electron chi connectivity index (χ4n) is 3.97. The molecule has 2 N–H and O–H groups in total. The number of carboxylic acids is 1. The molecular weight excluding hydrogens is 436 g/mol. The summed E-state index contributed by atoms with van der Waals surface area (Å²) in [5.74, 6) is 4.10. The number of ether oxygens (including phenoxy) is 1. The zero-order valence-electron chi connectivity index (χ0n) is 18.0. The van der Waals surface area contributed by atoms with Gasteiger partial charge < -0.3 is 15.2 Å². The van der Waals surface area contributed by atoms with Crippen molar-refractivity contribution in [2.45, 2.75) is 12.3 Å². The Labute approximate surface area is 195 Å². The third-order valence-corrected chi connectivity index (χ3v) is 5.53. The molecule has 0 unspecified atom stereocenters. The molecule has 3 aromatic rings. The third-order valence-electron chi connectivity index (χ3n) is 5.53. The Morgan fingerprint density at radius 1 is 1.03 bits per heavy atom. The predicted octanol–water partition coefficient (Wildman–Crippen LogP) is 4.57. The van der Waals surface area contributed by atoms with Crippen LogP contribution in [0.4, 0.5) is 10.5 Å². The molecule has 0 radical (unpaired) electrons. The average Bonchev–Trinajstić information content (AvgIpc) is 3.16. The monoisotopic (exact) mass is 456 g/mol. The van der Waals surface area contributed by atoms with E-state index in [2.05, 4.69) is 29.3 Å². The van der Waals surface area contributed by atoms with Crippen molar-refractivity contribution in [2.24, 2.45) is 0 Å². The summed E-state index contributed by atoms with van der Waals surface area (Å²) in [4.78, 5) is 33.8. The first-order chi connectivity index (χ1) is 16.5. The largest absolute Gasteiger partial charge is 0.478 e. The van der Waals surface area contributed by atoms with Crippen LogP contribution in [0.2, 0.25) is 0 Å². The van der Waals surface area contributed by atoms with Crippen molar-refractivity contribution < 1.29 is 24.4 Å². The third kappa shape index (κ3) is 4.74. The summed E-state index contributed by atoms with van der Waals surface area (Å²) in [5, 5.41) is 22.8. The molecule has 0 spiro atoms. The standard InChI is InChI=1S/C26H20N2O6/c29-25(30)19-13-12-18(28(32)33)15-17(19)7-5-6-14-27-26(31)34-16-24-22-10-3-1-8-20(22)21-9-2-4-11-23(21)24/h1-4,8-13,15,24H,6,14,16H2,(H,27,31)(H,29,30). The van der Waals surface area contributed by atoms with Crippen molar-refractivity contribution in [3.8, 4) is 23.0 Å². The van der Waals surface area contributed by atoms with Gasteiger partial charge in [-0.15, -0.1) is 0 Å². The number of benzene rings is 3. The molecule has 0 saturated carbocycles. The van der Waals surface area contributed by atoms with Crippen LogP contribution in [0.15, 0.2) is 66.7 Å². The van der Waals surface area contributed by atoms with Crippen molar-refractivity contribution in [2.75, 3.05) is 13.2 Å². The summed E-state index contributed by atoms with van der Waals surface area (Å²) >= 11 is 0. The number of aromatic carboxylic acids is 1. The second kappa shape index (κ2) is 9.88. The highest BCUT2D eigenvalue weighted by atomic mass is 16.6. The molecule has 0 fully saturated rings. The lowest BCUT2D eigenvalue weighted by Crippen LogP contribution is -2.26. The van der Waals surface area contributed by atoms with Gasteiger partial charge >= 0.3 is 12.1 Å². The molecular formula is C26H20N2O6. The molecule has 0 bridgehead atoms. The van der Waals surface area contributed by atoms with Gasteiger partial charge in [0.15, 0.2) is 0 Å². The molecule has 0 aromatic heterocycles. The number of nitrogens with one attached hydrogen (secondary N) is 1. The van der Waals surface area contributed by atoms with Gasteiger partial charge in [-0.3, -0.25) is 10.1 Å². The van der Waals surface area contributed by atoms with E-state index in [1.165, 1.54) is 0 Å². The number of nitro groups is 1. The van der Waals surface area contributed by atoms with E-state index in [0.29, 0.717) is 0 Å². The van der Waals surface area contributed by atoms with Crippen molar-refractivity contribution in [3.63, 3.8) is 0 Å². The first-order valence-corrected chi connectivity index (χ1v) is 10.5. The normalized spacial score (nSPS) is 11.5. The number of fused-ring (bicyclic) bond motifs is 3. The SMILES string of the molecule is O=C(NCCC#Cc1cc([N+](=O)[O-])ccc1C(=O)O)OCC1c2ccccc2-c2ccccc21. The van der Waals surface area contributed by atoms with Crippen molar-refractivity contribution >= 4 is 17.7 Å². The Hall–Kier alpha value is -4.64. The van der Waals surface area contributed by atoms with Crippen LogP contribution in [0, 0.1) is 22.0 Å². The van der Waals surface area contributed by atoms with E-state index >= 15 is 0 Å². The average molecular weight is 456 g/mol. The molecule has 1 aliphatic rings. The molecule has 0 heterocycles. The lowest BCUT2D eigenvalue weighted by molar-refractivity contribution is -0.384. The van der Waals surface area contributed by atoms with Gasteiger partial charge in [-0.2, -0.15) is 0 Å². The van der Waals surface area contributed by atoms with Gasteiger partial charge in [0, 0.05) is 36.6 Å². The number of carboxylic acid groups (broad SMARTS) is 1. The maximum atomic E-state index is 12.2. The summed E-state index contributed by atoms with van der Waals surface area (Å²) in [6.07, 6.45) is -0.364. The summed E-state index contributed by atoms with van der Waals surface area (Å²) in [5.41, 5.74) is 4.20. The number of non-ortho nitro benzene ring substituents is 1. The van der Waals surface area contributed by atoms with Crippen LogP contribution in [0.3, 0.4) is 0 Å². The Morgan fingerprint density at radius 2 is 1.68 bits per heavy atom. The number of hydrogen-bond donors (Lipinski definition) is 2. The highest BCUT2D eigenvalue weighted by molar-refractivity contribution is 5.91. The molecule has 8 heteroatoms. The first-order valence-electron chi connectivity index (χ1n) is 10.5. The van der Waals surface area contributed by atoms with Crippen LogP contribution in [-0.4, -0.2) is 35.2 Å². The molecule has 3 aromatic carbocycles. The highest BCUT2D eigenvalue weighted by Gasteiger charge is 2.28.